The van der Waals surface area contributed by atoms with E-state index < -0.39 is 0 Å². The Balaban J connectivity index is 1.22. The number of allylic oxidation sites excluding steroid dienone is 4. The lowest BCUT2D eigenvalue weighted by atomic mass is 9.94. The summed E-state index contributed by atoms with van der Waals surface area (Å²) in [5, 5.41) is 6.70. The summed E-state index contributed by atoms with van der Waals surface area (Å²) < 4.78 is 6.70. The molecule has 0 radical (unpaired) electrons. The van der Waals surface area contributed by atoms with Gasteiger partial charge >= 0.3 is 0 Å². The Hall–Kier alpha value is -6.65. The number of hydrogen-bond acceptors (Lipinski definition) is 4. The third-order valence-corrected chi connectivity index (χ3v) is 10.0. The average molecular weight is 654 g/mol. The van der Waals surface area contributed by atoms with Gasteiger partial charge in [0.25, 0.3) is 0 Å². The first-order valence-electron chi connectivity index (χ1n) is 17.4. The van der Waals surface area contributed by atoms with Crippen molar-refractivity contribution in [2.75, 3.05) is 0 Å². The van der Waals surface area contributed by atoms with Crippen LogP contribution in [-0.2, 0) is 0 Å². The highest BCUT2D eigenvalue weighted by Crippen LogP contribution is 2.43. The van der Waals surface area contributed by atoms with Crippen LogP contribution in [0.15, 0.2) is 174 Å². The molecule has 0 N–H and O–H groups in total. The van der Waals surface area contributed by atoms with Crippen LogP contribution >= 0.6 is 0 Å². The molecule has 9 aromatic rings. The third kappa shape index (κ3) is 5.03. The summed E-state index contributed by atoms with van der Waals surface area (Å²) in [4.78, 5) is 15.7. The maximum atomic E-state index is 6.70. The summed E-state index contributed by atoms with van der Waals surface area (Å²) in [6.07, 6.45) is 9.37. The minimum Gasteiger partial charge on any atom is -0.455 e. The number of para-hydroxylation sites is 1. The molecule has 1 atom stereocenters. The molecule has 51 heavy (non-hydrogen) atoms. The smallest absolute Gasteiger partial charge is 0.164 e. The Morgan fingerprint density at radius 2 is 1.16 bits per heavy atom. The molecule has 0 fully saturated rings. The molecule has 10 rings (SSSR count). The van der Waals surface area contributed by atoms with Crippen molar-refractivity contribution < 1.29 is 4.42 Å². The van der Waals surface area contributed by atoms with Crippen LogP contribution in [0.2, 0.25) is 0 Å². The Labute approximate surface area is 295 Å². The molecule has 0 bridgehead atoms. The lowest BCUT2D eigenvalue weighted by Gasteiger charge is -2.16. The fraction of sp³-hybridized carbons (Fsp3) is 0.0426. The van der Waals surface area contributed by atoms with E-state index in [2.05, 4.69) is 158 Å². The monoisotopic (exact) mass is 653 g/mol. The van der Waals surface area contributed by atoms with Crippen LogP contribution in [0.4, 0.5) is 0 Å². The van der Waals surface area contributed by atoms with E-state index in [4.69, 9.17) is 19.4 Å². The molecule has 1 unspecified atom stereocenters. The van der Waals surface area contributed by atoms with E-state index in [-0.39, 0.29) is 5.92 Å². The zero-order valence-electron chi connectivity index (χ0n) is 27.7. The summed E-state index contributed by atoms with van der Waals surface area (Å²) in [7, 11) is 0. The first kappa shape index (κ1) is 29.3. The first-order chi connectivity index (χ1) is 25.3. The Morgan fingerprint density at radius 1 is 0.490 bits per heavy atom. The van der Waals surface area contributed by atoms with E-state index in [1.807, 2.05) is 12.1 Å². The molecule has 2 heterocycles. The minimum absolute atomic E-state index is 0.0406. The van der Waals surface area contributed by atoms with Crippen LogP contribution in [0.25, 0.3) is 88.5 Å². The zero-order chi connectivity index (χ0) is 33.7. The van der Waals surface area contributed by atoms with Gasteiger partial charge in [-0.25, -0.2) is 15.0 Å². The van der Waals surface area contributed by atoms with Gasteiger partial charge in [0.15, 0.2) is 11.6 Å². The lowest BCUT2D eigenvalue weighted by molar-refractivity contribution is 0.670. The lowest BCUT2D eigenvalue weighted by Crippen LogP contribution is -2.08. The summed E-state index contributed by atoms with van der Waals surface area (Å²) >= 11 is 0. The number of rotatable bonds is 5. The van der Waals surface area contributed by atoms with E-state index in [1.165, 1.54) is 21.9 Å². The standard InChI is InChI=1S/C47H31N3O/c1-3-14-31(15-4-1)35-25-27-39(38-20-10-9-19-37(35)38)46-48-45(32-16-5-2-6-17-32)49-47(50-46)41-28-26-36(34-24-23-30-13-7-8-18-33(30)29-34)44-43(41)40-21-11-12-22-42(40)51-44/h1-16,18-29,32H,17H2. The predicted molar refractivity (Wildman–Crippen MR) is 209 cm³/mol. The molecule has 0 saturated carbocycles. The summed E-state index contributed by atoms with van der Waals surface area (Å²) in [5.74, 6) is 2.09. The van der Waals surface area contributed by atoms with Gasteiger partial charge in [0, 0.05) is 33.4 Å². The molecule has 7 aromatic carbocycles. The number of hydrogen-bond donors (Lipinski definition) is 0. The van der Waals surface area contributed by atoms with Crippen molar-refractivity contribution in [3.05, 3.63) is 176 Å². The van der Waals surface area contributed by atoms with Crippen molar-refractivity contribution in [1.29, 1.82) is 0 Å². The Morgan fingerprint density at radius 3 is 1.98 bits per heavy atom. The first-order valence-corrected chi connectivity index (χ1v) is 17.4. The van der Waals surface area contributed by atoms with Crippen LogP contribution in [0.1, 0.15) is 18.2 Å². The van der Waals surface area contributed by atoms with Gasteiger partial charge in [0.1, 0.15) is 17.0 Å². The largest absolute Gasteiger partial charge is 0.455 e. The van der Waals surface area contributed by atoms with Crippen LogP contribution in [0, 0.1) is 0 Å². The number of furan rings is 1. The Bertz CT molecular complexity index is 2850. The highest BCUT2D eigenvalue weighted by molar-refractivity contribution is 6.16. The second kappa shape index (κ2) is 12.0. The summed E-state index contributed by atoms with van der Waals surface area (Å²) in [6, 6.07) is 51.0. The SMILES string of the molecule is C1=CCC(c2nc(-c3ccc(-c4ccccc4)c4ccccc34)nc(-c3ccc(-c4ccc5ccccc5c4)c4oc5ccccc5c34)n2)C=C1. The number of nitrogens with zero attached hydrogens (tertiary/aromatic N) is 3. The molecule has 2 aromatic heterocycles. The average Bonchev–Trinajstić information content (AvgIpc) is 3.60. The summed E-state index contributed by atoms with van der Waals surface area (Å²) in [5.41, 5.74) is 8.05. The van der Waals surface area contributed by atoms with Gasteiger partial charge in [0.2, 0.25) is 0 Å². The predicted octanol–water partition coefficient (Wildman–Crippen LogP) is 12.3. The van der Waals surface area contributed by atoms with Crippen molar-refractivity contribution in [3.63, 3.8) is 0 Å². The van der Waals surface area contributed by atoms with Gasteiger partial charge in [-0.3, -0.25) is 0 Å². The van der Waals surface area contributed by atoms with Crippen molar-refractivity contribution >= 4 is 43.5 Å². The fourth-order valence-corrected chi connectivity index (χ4v) is 7.53. The molecule has 4 heteroatoms. The number of fused-ring (bicyclic) bond motifs is 5. The molecule has 0 spiro atoms. The van der Waals surface area contributed by atoms with Crippen LogP contribution in [-0.4, -0.2) is 15.0 Å². The molecule has 0 saturated heterocycles. The van der Waals surface area contributed by atoms with Gasteiger partial charge in [-0.1, -0.05) is 140 Å². The fourth-order valence-electron chi connectivity index (χ4n) is 7.53. The molecule has 0 aliphatic heterocycles. The molecule has 1 aliphatic carbocycles. The Kier molecular flexibility index (Phi) is 6.91. The quantitative estimate of drug-likeness (QED) is 0.185. The number of aromatic nitrogens is 3. The molecule has 1 aliphatic rings. The van der Waals surface area contributed by atoms with Gasteiger partial charge in [0.05, 0.1) is 0 Å². The zero-order valence-corrected chi connectivity index (χ0v) is 27.7. The van der Waals surface area contributed by atoms with Crippen molar-refractivity contribution in [3.8, 4) is 45.0 Å². The van der Waals surface area contributed by atoms with Crippen molar-refractivity contribution in [2.24, 2.45) is 0 Å². The molecule has 240 valence electrons. The molecular formula is C47H31N3O. The van der Waals surface area contributed by atoms with Gasteiger partial charge in [-0.05, 0) is 75.0 Å². The maximum Gasteiger partial charge on any atom is 0.164 e. The van der Waals surface area contributed by atoms with E-state index in [0.717, 1.165) is 67.2 Å². The van der Waals surface area contributed by atoms with E-state index in [9.17, 15) is 0 Å². The second-order valence-electron chi connectivity index (χ2n) is 13.1. The second-order valence-corrected chi connectivity index (χ2v) is 13.1. The highest BCUT2D eigenvalue weighted by atomic mass is 16.3. The summed E-state index contributed by atoms with van der Waals surface area (Å²) in [6.45, 7) is 0. The van der Waals surface area contributed by atoms with Crippen LogP contribution < -0.4 is 0 Å². The highest BCUT2D eigenvalue weighted by Gasteiger charge is 2.23. The number of benzene rings is 7. The van der Waals surface area contributed by atoms with Gasteiger partial charge in [-0.15, -0.1) is 0 Å². The van der Waals surface area contributed by atoms with Crippen LogP contribution in [0.5, 0.6) is 0 Å². The van der Waals surface area contributed by atoms with Crippen molar-refractivity contribution in [1.82, 2.24) is 15.0 Å². The molecule has 4 nitrogen and oxygen atoms in total. The minimum atomic E-state index is 0.0406. The third-order valence-electron chi connectivity index (χ3n) is 10.0. The normalized spacial score (nSPS) is 14.2. The molecule has 0 amide bonds. The van der Waals surface area contributed by atoms with Gasteiger partial charge < -0.3 is 4.42 Å². The van der Waals surface area contributed by atoms with E-state index in [0.29, 0.717) is 11.6 Å². The van der Waals surface area contributed by atoms with Gasteiger partial charge in [-0.2, -0.15) is 0 Å². The van der Waals surface area contributed by atoms with E-state index in [1.54, 1.807) is 0 Å². The topological polar surface area (TPSA) is 51.8 Å². The van der Waals surface area contributed by atoms with E-state index >= 15 is 0 Å². The maximum absolute atomic E-state index is 6.70. The molecular weight excluding hydrogens is 623 g/mol. The van der Waals surface area contributed by atoms with Crippen LogP contribution in [0.3, 0.4) is 0 Å². The van der Waals surface area contributed by atoms with Crippen molar-refractivity contribution in [2.45, 2.75) is 12.3 Å².